The van der Waals surface area contributed by atoms with E-state index in [2.05, 4.69) is 39.6 Å². The second-order valence-electron chi connectivity index (χ2n) is 8.21. The molecule has 4 rings (SSSR count). The predicted octanol–water partition coefficient (Wildman–Crippen LogP) is 5.78. The fourth-order valence-corrected chi connectivity index (χ4v) is 4.32. The lowest BCUT2D eigenvalue weighted by atomic mass is 9.77. The van der Waals surface area contributed by atoms with Crippen LogP contribution in [0.2, 0.25) is 0 Å². The molecule has 1 aromatic carbocycles. The third-order valence-electron chi connectivity index (χ3n) is 6.04. The number of carbonyl (C=O) groups is 1. The molecule has 0 saturated heterocycles. The third kappa shape index (κ3) is 5.22. The van der Waals surface area contributed by atoms with Crippen molar-refractivity contribution in [2.75, 3.05) is 12.4 Å². The first-order valence-electron chi connectivity index (χ1n) is 10.8. The van der Waals surface area contributed by atoms with Crippen molar-refractivity contribution in [1.29, 1.82) is 0 Å². The molecule has 0 atom stereocenters. The number of aliphatic carboxylic acids is 1. The molecule has 2 N–H and O–H groups in total. The largest absolute Gasteiger partial charge is 0.481 e. The zero-order valence-corrected chi connectivity index (χ0v) is 17.9. The summed E-state index contributed by atoms with van der Waals surface area (Å²) in [5.41, 5.74) is 4.42. The molecule has 1 saturated carbocycles. The summed E-state index contributed by atoms with van der Waals surface area (Å²) in [5.74, 6) is -0.464. The molecular weight excluding hydrogens is 409 g/mol. The summed E-state index contributed by atoms with van der Waals surface area (Å²) in [6.07, 6.45) is 7.52. The molecule has 0 bridgehead atoms. The van der Waals surface area contributed by atoms with Crippen LogP contribution in [0.25, 0.3) is 11.3 Å². The van der Waals surface area contributed by atoms with Gasteiger partial charge in [-0.25, -0.2) is 9.37 Å². The van der Waals surface area contributed by atoms with E-state index in [1.165, 1.54) is 24.9 Å². The lowest BCUT2D eigenvalue weighted by molar-refractivity contribution is -0.138. The molecule has 0 unspecified atom stereocenters. The molecule has 3 aromatic rings. The summed E-state index contributed by atoms with van der Waals surface area (Å²) in [6.45, 7) is 0. The van der Waals surface area contributed by atoms with Gasteiger partial charge < -0.3 is 15.2 Å². The molecule has 1 aliphatic rings. The second-order valence-corrected chi connectivity index (χ2v) is 8.21. The normalized spacial score (nSPS) is 18.2. The Kier molecular flexibility index (Phi) is 6.63. The Labute approximate surface area is 186 Å². The summed E-state index contributed by atoms with van der Waals surface area (Å²) in [6, 6.07) is 13.6. The number of nitrogens with one attached hydrogen (secondary N) is 1. The van der Waals surface area contributed by atoms with Crippen molar-refractivity contribution in [3.63, 3.8) is 0 Å². The number of carboxylic acids is 1. The number of nitrogens with zero attached hydrogens (tertiary/aromatic N) is 2. The highest BCUT2D eigenvalue weighted by Gasteiger charge is 2.24. The molecule has 6 nitrogen and oxygen atoms in total. The maximum absolute atomic E-state index is 13.8. The van der Waals surface area contributed by atoms with Crippen LogP contribution in [-0.4, -0.2) is 28.2 Å². The molecule has 32 heavy (non-hydrogen) atoms. The quantitative estimate of drug-likeness (QED) is 0.489. The van der Waals surface area contributed by atoms with Gasteiger partial charge in [0.25, 0.3) is 0 Å². The summed E-state index contributed by atoms with van der Waals surface area (Å²) >= 11 is 0. The molecular formula is C25H26FN3O3. The molecule has 7 heteroatoms. The van der Waals surface area contributed by atoms with Crippen molar-refractivity contribution in [3.8, 4) is 17.1 Å². The van der Waals surface area contributed by atoms with Crippen molar-refractivity contribution in [1.82, 2.24) is 9.97 Å². The highest BCUT2D eigenvalue weighted by atomic mass is 19.1. The van der Waals surface area contributed by atoms with Gasteiger partial charge in [0.1, 0.15) is 0 Å². The van der Waals surface area contributed by atoms with E-state index in [4.69, 9.17) is 9.84 Å². The molecule has 2 aromatic heterocycles. The molecule has 2 heterocycles. The van der Waals surface area contributed by atoms with Gasteiger partial charge in [0.15, 0.2) is 5.82 Å². The van der Waals surface area contributed by atoms with Gasteiger partial charge >= 0.3 is 5.97 Å². The van der Waals surface area contributed by atoms with E-state index in [-0.39, 0.29) is 12.3 Å². The van der Waals surface area contributed by atoms with E-state index < -0.39 is 11.8 Å². The Morgan fingerprint density at radius 1 is 1.06 bits per heavy atom. The number of pyridine rings is 2. The minimum Gasteiger partial charge on any atom is -0.481 e. The van der Waals surface area contributed by atoms with Gasteiger partial charge in [0.05, 0.1) is 36.6 Å². The first-order valence-corrected chi connectivity index (χ1v) is 10.8. The summed E-state index contributed by atoms with van der Waals surface area (Å²) in [7, 11) is 1.38. The van der Waals surface area contributed by atoms with Gasteiger partial charge in [-0.05, 0) is 55.2 Å². The average Bonchev–Trinajstić information content (AvgIpc) is 2.80. The molecule has 0 aliphatic heterocycles. The van der Waals surface area contributed by atoms with Crippen molar-refractivity contribution >= 4 is 17.3 Å². The molecule has 166 valence electrons. The number of benzene rings is 1. The Hall–Kier alpha value is -3.48. The number of ether oxygens (including phenoxy) is 1. The van der Waals surface area contributed by atoms with Crippen molar-refractivity contribution < 1.29 is 19.0 Å². The van der Waals surface area contributed by atoms with Crippen LogP contribution in [0.3, 0.4) is 0 Å². The van der Waals surface area contributed by atoms with Crippen LogP contribution >= 0.6 is 0 Å². The standard InChI is InChI=1S/C25H26FN3O3/c1-32-25-22(26)13-21(15-28-25)29-20-10-11-23(27-14-20)19-8-6-18(7-9-19)17-4-2-16(3-5-17)12-24(30)31/h6-11,13-17,29H,2-5,12H2,1H3,(H,30,31)/t16-,17-. The Morgan fingerprint density at radius 3 is 2.38 bits per heavy atom. The van der Waals surface area contributed by atoms with Crippen LogP contribution in [0.1, 0.15) is 43.6 Å². The van der Waals surface area contributed by atoms with Crippen LogP contribution in [0.15, 0.2) is 54.9 Å². The van der Waals surface area contributed by atoms with Gasteiger partial charge in [0, 0.05) is 18.1 Å². The van der Waals surface area contributed by atoms with Gasteiger partial charge in [-0.15, -0.1) is 0 Å². The summed E-state index contributed by atoms with van der Waals surface area (Å²) in [4.78, 5) is 19.3. The zero-order chi connectivity index (χ0) is 22.5. The number of methoxy groups -OCH3 is 1. The molecule has 0 spiro atoms. The Balaban J connectivity index is 1.37. The lowest BCUT2D eigenvalue weighted by Gasteiger charge is -2.28. The first-order chi connectivity index (χ1) is 15.5. The van der Waals surface area contributed by atoms with Gasteiger partial charge in [-0.3, -0.25) is 9.78 Å². The maximum atomic E-state index is 13.8. The molecule has 1 fully saturated rings. The number of halogens is 1. The first kappa shape index (κ1) is 21.7. The van der Waals surface area contributed by atoms with Crippen molar-refractivity contribution in [3.05, 3.63) is 66.2 Å². The number of carboxylic acid groups (broad SMARTS) is 1. The number of rotatable bonds is 7. The number of hydrogen-bond donors (Lipinski definition) is 2. The molecule has 0 radical (unpaired) electrons. The van der Waals surface area contributed by atoms with Crippen LogP contribution in [-0.2, 0) is 4.79 Å². The van der Waals surface area contributed by atoms with E-state index in [1.54, 1.807) is 6.20 Å². The van der Waals surface area contributed by atoms with E-state index in [9.17, 15) is 9.18 Å². The smallest absolute Gasteiger partial charge is 0.303 e. The Morgan fingerprint density at radius 2 is 1.78 bits per heavy atom. The topological polar surface area (TPSA) is 84.3 Å². The van der Waals surface area contributed by atoms with Crippen molar-refractivity contribution in [2.45, 2.75) is 38.0 Å². The van der Waals surface area contributed by atoms with E-state index in [0.717, 1.165) is 42.6 Å². The van der Waals surface area contributed by atoms with E-state index >= 15 is 0 Å². The third-order valence-corrected chi connectivity index (χ3v) is 6.04. The van der Waals surface area contributed by atoms with Crippen LogP contribution < -0.4 is 10.1 Å². The second kappa shape index (κ2) is 9.77. The maximum Gasteiger partial charge on any atom is 0.303 e. The fraction of sp³-hybridized carbons (Fsp3) is 0.320. The molecule has 0 amide bonds. The minimum absolute atomic E-state index is 0.0409. The number of aromatic nitrogens is 2. The van der Waals surface area contributed by atoms with E-state index in [0.29, 0.717) is 17.5 Å². The lowest BCUT2D eigenvalue weighted by Crippen LogP contribution is -2.16. The number of anilines is 2. The van der Waals surface area contributed by atoms with Crippen LogP contribution in [0, 0.1) is 11.7 Å². The minimum atomic E-state index is -0.695. The average molecular weight is 435 g/mol. The fourth-order valence-electron chi connectivity index (χ4n) is 4.32. The highest BCUT2D eigenvalue weighted by molar-refractivity contribution is 5.67. The highest BCUT2D eigenvalue weighted by Crippen LogP contribution is 2.37. The van der Waals surface area contributed by atoms with Gasteiger partial charge in [-0.1, -0.05) is 24.3 Å². The summed E-state index contributed by atoms with van der Waals surface area (Å²) < 4.78 is 18.6. The number of hydrogen-bond acceptors (Lipinski definition) is 5. The van der Waals surface area contributed by atoms with Crippen LogP contribution in [0.4, 0.5) is 15.8 Å². The van der Waals surface area contributed by atoms with Gasteiger partial charge in [-0.2, -0.15) is 0 Å². The predicted molar refractivity (Wildman–Crippen MR) is 121 cm³/mol. The summed E-state index contributed by atoms with van der Waals surface area (Å²) in [5, 5.41) is 12.1. The Bertz CT molecular complexity index is 1060. The van der Waals surface area contributed by atoms with E-state index in [1.807, 2.05) is 12.1 Å². The van der Waals surface area contributed by atoms with Crippen molar-refractivity contribution in [2.24, 2.45) is 5.92 Å². The molecule has 1 aliphatic carbocycles. The zero-order valence-electron chi connectivity index (χ0n) is 17.9. The monoisotopic (exact) mass is 435 g/mol. The van der Waals surface area contributed by atoms with Crippen LogP contribution in [0.5, 0.6) is 5.88 Å². The van der Waals surface area contributed by atoms with Gasteiger partial charge in [0.2, 0.25) is 5.88 Å². The SMILES string of the molecule is COc1ncc(Nc2ccc(-c3ccc([C@H]4CC[C@H](CC(=O)O)CC4)cc3)nc2)cc1F.